The standard InChI is InChI=1S/C19H21Br2O2P/c1-3-19(2,21)18(20)17(14-22)24(23,15-10-6-4-7-11-15)16-12-8-5-9-13-16/h4-13,22H,3,14H2,1-2H3/b18-17+. The van der Waals surface area contributed by atoms with E-state index in [-0.39, 0.29) is 10.9 Å². The second-order valence-electron chi connectivity index (χ2n) is 5.75. The third-order valence-electron chi connectivity index (χ3n) is 4.14. The number of rotatable bonds is 6. The Morgan fingerprint density at radius 3 is 1.79 bits per heavy atom. The molecule has 0 bridgehead atoms. The molecule has 2 nitrogen and oxygen atoms in total. The molecule has 2 rings (SSSR count). The summed E-state index contributed by atoms with van der Waals surface area (Å²) < 4.78 is 14.6. The second-order valence-corrected chi connectivity index (χ2v) is 11.1. The predicted molar refractivity (Wildman–Crippen MR) is 110 cm³/mol. The van der Waals surface area contributed by atoms with E-state index in [0.29, 0.717) is 5.31 Å². The molecule has 5 heteroatoms. The molecule has 1 N–H and O–H groups in total. The van der Waals surface area contributed by atoms with Crippen LogP contribution in [0.2, 0.25) is 0 Å². The largest absolute Gasteiger partial charge is 0.391 e. The maximum atomic E-state index is 14.3. The van der Waals surface area contributed by atoms with Crippen molar-refractivity contribution in [1.82, 2.24) is 0 Å². The van der Waals surface area contributed by atoms with Gasteiger partial charge in [-0.2, -0.15) is 0 Å². The van der Waals surface area contributed by atoms with Crippen molar-refractivity contribution in [3.63, 3.8) is 0 Å². The summed E-state index contributed by atoms with van der Waals surface area (Å²) in [5, 5.41) is 12.1. The van der Waals surface area contributed by atoms with Gasteiger partial charge in [-0.05, 0) is 13.3 Å². The number of allylic oxidation sites excluding steroid dienone is 1. The van der Waals surface area contributed by atoms with E-state index < -0.39 is 7.14 Å². The van der Waals surface area contributed by atoms with Crippen LogP contribution in [0.5, 0.6) is 0 Å². The molecular formula is C19H21Br2O2P. The number of alkyl halides is 1. The normalized spacial score (nSPS) is 15.5. The third-order valence-corrected chi connectivity index (χ3v) is 10.5. The van der Waals surface area contributed by atoms with Crippen molar-refractivity contribution < 1.29 is 9.67 Å². The van der Waals surface area contributed by atoms with Crippen LogP contribution in [-0.4, -0.2) is 16.0 Å². The summed E-state index contributed by atoms with van der Waals surface area (Å²) in [6, 6.07) is 18.8. The Morgan fingerprint density at radius 1 is 1.04 bits per heavy atom. The zero-order chi connectivity index (χ0) is 17.8. The molecule has 0 fully saturated rings. The van der Waals surface area contributed by atoms with Crippen LogP contribution in [0.15, 0.2) is 70.5 Å². The van der Waals surface area contributed by atoms with E-state index in [1.165, 1.54) is 0 Å². The maximum Gasteiger partial charge on any atom is 0.170 e. The van der Waals surface area contributed by atoms with E-state index in [9.17, 15) is 9.67 Å². The Hall–Kier alpha value is -0.670. The van der Waals surface area contributed by atoms with Crippen molar-refractivity contribution in [1.29, 1.82) is 0 Å². The molecule has 0 aliphatic heterocycles. The van der Waals surface area contributed by atoms with Gasteiger partial charge in [0.25, 0.3) is 0 Å². The minimum Gasteiger partial charge on any atom is -0.391 e. The fourth-order valence-electron chi connectivity index (χ4n) is 2.50. The Morgan fingerprint density at radius 2 is 1.46 bits per heavy atom. The molecule has 24 heavy (non-hydrogen) atoms. The van der Waals surface area contributed by atoms with Crippen LogP contribution in [0, 0.1) is 0 Å². The van der Waals surface area contributed by atoms with E-state index >= 15 is 0 Å². The summed E-state index contributed by atoms with van der Waals surface area (Å²) in [6.45, 7) is 3.77. The molecule has 1 atom stereocenters. The van der Waals surface area contributed by atoms with Crippen LogP contribution in [0.4, 0.5) is 0 Å². The fourth-order valence-corrected chi connectivity index (χ4v) is 6.88. The number of benzene rings is 2. The lowest BCUT2D eigenvalue weighted by Gasteiger charge is -2.28. The van der Waals surface area contributed by atoms with Crippen LogP contribution >= 0.6 is 39.0 Å². The fraction of sp³-hybridized carbons (Fsp3) is 0.263. The van der Waals surface area contributed by atoms with Crippen molar-refractivity contribution in [3.05, 3.63) is 70.5 Å². The Bertz CT molecular complexity index is 712. The van der Waals surface area contributed by atoms with Gasteiger partial charge < -0.3 is 9.67 Å². The summed E-state index contributed by atoms with van der Waals surface area (Å²) >= 11 is 7.31. The van der Waals surface area contributed by atoms with Crippen LogP contribution in [0.25, 0.3) is 0 Å². The smallest absolute Gasteiger partial charge is 0.170 e. The lowest BCUT2D eigenvalue weighted by atomic mass is 10.1. The van der Waals surface area contributed by atoms with E-state index in [4.69, 9.17) is 0 Å². The molecule has 0 saturated heterocycles. The molecule has 0 aliphatic rings. The highest BCUT2D eigenvalue weighted by molar-refractivity contribution is 9.14. The highest BCUT2D eigenvalue weighted by Crippen LogP contribution is 2.56. The zero-order valence-corrected chi connectivity index (χ0v) is 17.8. The van der Waals surface area contributed by atoms with Crippen molar-refractivity contribution in [3.8, 4) is 0 Å². The van der Waals surface area contributed by atoms with Crippen molar-refractivity contribution in [2.45, 2.75) is 24.6 Å². The minimum absolute atomic E-state index is 0.275. The van der Waals surface area contributed by atoms with E-state index in [1.807, 2.05) is 74.5 Å². The number of hydrogen-bond acceptors (Lipinski definition) is 2. The predicted octanol–water partition coefficient (Wildman–Crippen LogP) is 5.16. The molecule has 0 amide bonds. The molecule has 0 saturated carbocycles. The van der Waals surface area contributed by atoms with Gasteiger partial charge in [0.05, 0.1) is 10.9 Å². The van der Waals surface area contributed by atoms with E-state index in [2.05, 4.69) is 31.9 Å². The monoisotopic (exact) mass is 470 g/mol. The summed E-state index contributed by atoms with van der Waals surface area (Å²) in [5.74, 6) is 0. The van der Waals surface area contributed by atoms with Gasteiger partial charge >= 0.3 is 0 Å². The first kappa shape index (κ1) is 19.7. The maximum absolute atomic E-state index is 14.3. The Labute approximate surface area is 160 Å². The number of halogens is 2. The van der Waals surface area contributed by atoms with Gasteiger partial charge in [0.1, 0.15) is 0 Å². The van der Waals surface area contributed by atoms with Gasteiger partial charge in [-0.3, -0.25) is 0 Å². The second kappa shape index (κ2) is 8.14. The van der Waals surface area contributed by atoms with Crippen molar-refractivity contribution in [2.24, 2.45) is 0 Å². The molecular weight excluding hydrogens is 451 g/mol. The molecule has 0 heterocycles. The topological polar surface area (TPSA) is 37.3 Å². The quantitative estimate of drug-likeness (QED) is 0.466. The lowest BCUT2D eigenvalue weighted by Crippen LogP contribution is -2.23. The highest BCUT2D eigenvalue weighted by Gasteiger charge is 2.37. The average molecular weight is 472 g/mol. The first-order valence-electron chi connectivity index (χ1n) is 7.78. The third kappa shape index (κ3) is 3.77. The van der Waals surface area contributed by atoms with Crippen molar-refractivity contribution in [2.75, 3.05) is 6.61 Å². The van der Waals surface area contributed by atoms with Gasteiger partial charge in [0.15, 0.2) is 7.14 Å². The minimum atomic E-state index is -3.15. The summed E-state index contributed by atoms with van der Waals surface area (Å²) in [6.07, 6.45) is 0.792. The first-order chi connectivity index (χ1) is 11.4. The summed E-state index contributed by atoms with van der Waals surface area (Å²) in [7, 11) is -3.15. The molecule has 128 valence electrons. The van der Waals surface area contributed by atoms with Gasteiger partial charge in [0.2, 0.25) is 0 Å². The lowest BCUT2D eigenvalue weighted by molar-refractivity contribution is 0.337. The molecule has 1 unspecified atom stereocenters. The van der Waals surface area contributed by atoms with E-state index in [1.54, 1.807) is 0 Å². The number of aliphatic hydroxyl groups is 1. The Kier molecular flexibility index (Phi) is 6.66. The zero-order valence-electron chi connectivity index (χ0n) is 13.7. The van der Waals surface area contributed by atoms with E-state index in [0.717, 1.165) is 21.5 Å². The number of hydrogen-bond donors (Lipinski definition) is 1. The molecule has 0 aliphatic carbocycles. The molecule has 0 spiro atoms. The van der Waals surface area contributed by atoms with Crippen LogP contribution in [0.3, 0.4) is 0 Å². The molecule has 0 radical (unpaired) electrons. The van der Waals surface area contributed by atoms with Crippen LogP contribution in [0.1, 0.15) is 20.3 Å². The molecule has 2 aromatic carbocycles. The SMILES string of the molecule is CCC(C)(Br)/C(Br)=C(/CO)P(=O)(c1ccccc1)c1ccccc1. The summed E-state index contributed by atoms with van der Waals surface area (Å²) in [5.41, 5.74) is 0. The first-order valence-corrected chi connectivity index (χ1v) is 11.1. The summed E-state index contributed by atoms with van der Waals surface area (Å²) in [4.78, 5) is 0. The van der Waals surface area contributed by atoms with Gasteiger partial charge in [-0.1, -0.05) is 99.4 Å². The number of aliphatic hydroxyl groups excluding tert-OH is 1. The average Bonchev–Trinajstić information content (AvgIpc) is 2.63. The van der Waals surface area contributed by atoms with Crippen LogP contribution < -0.4 is 10.6 Å². The highest BCUT2D eigenvalue weighted by atomic mass is 79.9. The van der Waals surface area contributed by atoms with Crippen molar-refractivity contribution >= 4 is 49.6 Å². The van der Waals surface area contributed by atoms with Crippen LogP contribution in [-0.2, 0) is 4.57 Å². The van der Waals surface area contributed by atoms with Gasteiger partial charge in [-0.15, -0.1) is 0 Å². The molecule has 2 aromatic rings. The molecule has 0 aromatic heterocycles. The van der Waals surface area contributed by atoms with Gasteiger partial charge in [0, 0.05) is 20.4 Å². The van der Waals surface area contributed by atoms with Gasteiger partial charge in [-0.25, -0.2) is 0 Å². The Balaban J connectivity index is 2.81.